The van der Waals surface area contributed by atoms with Crippen LogP contribution in [0.15, 0.2) is 65.7 Å². The zero-order valence-electron chi connectivity index (χ0n) is 17.1. The highest BCUT2D eigenvalue weighted by atomic mass is 32.3. The molecule has 0 radical (unpaired) electrons. The minimum atomic E-state index is -3.56. The van der Waals surface area contributed by atoms with Crippen molar-refractivity contribution >= 4 is 27.9 Å². The van der Waals surface area contributed by atoms with Crippen molar-refractivity contribution < 1.29 is 8.76 Å². The van der Waals surface area contributed by atoms with Crippen molar-refractivity contribution in [3.05, 3.63) is 71.9 Å². The Kier molecular flexibility index (Phi) is 5.80. The molecule has 0 amide bonds. The molecule has 0 saturated carbocycles. The van der Waals surface area contributed by atoms with Crippen molar-refractivity contribution in [1.82, 2.24) is 14.3 Å². The van der Waals surface area contributed by atoms with Crippen LogP contribution in [-0.2, 0) is 14.6 Å². The van der Waals surface area contributed by atoms with Gasteiger partial charge in [0.1, 0.15) is 12.5 Å². The van der Waals surface area contributed by atoms with E-state index in [2.05, 4.69) is 15.3 Å². The van der Waals surface area contributed by atoms with Crippen molar-refractivity contribution in [2.45, 2.75) is 25.2 Å². The molecule has 1 aliphatic heterocycles. The van der Waals surface area contributed by atoms with E-state index in [0.29, 0.717) is 36.2 Å². The second-order valence-electron chi connectivity index (χ2n) is 7.48. The van der Waals surface area contributed by atoms with Gasteiger partial charge in [0.05, 0.1) is 0 Å². The lowest BCUT2D eigenvalue weighted by atomic mass is 10.2. The standard InChI is InChI=1S/C22H25N5O2S/c1-17-4-8-19(9-5-17)24-21-12-13-23-22(25-21)26-14-3-15-27(16-26)30(28,29)20-10-6-18(2)7-11-20/h4-13H,3,14-16H2,1-2H3,(H-,23,24,25,28,29). The third-order valence-corrected chi connectivity index (χ3v) is 6.92. The molecular weight excluding hydrogens is 398 g/mol. The Morgan fingerprint density at radius 2 is 1.63 bits per heavy atom. The summed E-state index contributed by atoms with van der Waals surface area (Å²) in [6.07, 6.45) is 2.40. The number of anilines is 3. The molecule has 4 rings (SSSR count). The fraction of sp³-hybridized carbons (Fsp3) is 0.273. The summed E-state index contributed by atoms with van der Waals surface area (Å²) in [5, 5.41) is 3.27. The van der Waals surface area contributed by atoms with Crippen LogP contribution in [0.4, 0.5) is 17.5 Å². The number of nitrogens with one attached hydrogen (secondary N) is 1. The monoisotopic (exact) mass is 423 g/mol. The lowest BCUT2D eigenvalue weighted by molar-refractivity contribution is 0.321. The molecule has 1 atom stereocenters. The largest absolute Gasteiger partial charge is 0.593 e. The number of nitrogens with zero attached hydrogens (tertiary/aromatic N) is 4. The maximum atomic E-state index is 13.1. The Labute approximate surface area is 178 Å². The smallest absolute Gasteiger partial charge is 0.228 e. The zero-order valence-corrected chi connectivity index (χ0v) is 17.9. The molecule has 156 valence electrons. The number of rotatable bonds is 5. The maximum Gasteiger partial charge on any atom is 0.228 e. The van der Waals surface area contributed by atoms with Crippen molar-refractivity contribution in [2.75, 3.05) is 30.0 Å². The molecule has 1 aliphatic rings. The van der Waals surface area contributed by atoms with Crippen molar-refractivity contribution in [3.8, 4) is 0 Å². The average Bonchev–Trinajstić information content (AvgIpc) is 2.76. The first-order chi connectivity index (χ1) is 14.4. The van der Waals surface area contributed by atoms with Gasteiger partial charge < -0.3 is 14.8 Å². The maximum absolute atomic E-state index is 13.1. The summed E-state index contributed by atoms with van der Waals surface area (Å²) in [7, 11) is -3.56. The van der Waals surface area contributed by atoms with Crippen LogP contribution in [-0.4, -0.2) is 38.6 Å². The Bertz CT molecular complexity index is 1060. The van der Waals surface area contributed by atoms with Crippen molar-refractivity contribution in [1.29, 1.82) is 0 Å². The summed E-state index contributed by atoms with van der Waals surface area (Å²) in [5.41, 5.74) is 3.15. The Morgan fingerprint density at radius 3 is 2.33 bits per heavy atom. The molecule has 2 heterocycles. The topological polar surface area (TPSA) is 84.4 Å². The molecule has 30 heavy (non-hydrogen) atoms. The van der Waals surface area contributed by atoms with Crippen LogP contribution >= 0.6 is 0 Å². The molecule has 1 fully saturated rings. The predicted molar refractivity (Wildman–Crippen MR) is 118 cm³/mol. The van der Waals surface area contributed by atoms with Crippen molar-refractivity contribution in [2.24, 2.45) is 0 Å². The Morgan fingerprint density at radius 1 is 0.967 bits per heavy atom. The molecule has 3 aromatic rings. The molecule has 0 spiro atoms. The van der Waals surface area contributed by atoms with E-state index in [9.17, 15) is 8.76 Å². The van der Waals surface area contributed by atoms with E-state index >= 15 is 0 Å². The number of aryl methyl sites for hydroxylation is 2. The van der Waals surface area contributed by atoms with Crippen LogP contribution in [0.2, 0.25) is 0 Å². The average molecular weight is 424 g/mol. The summed E-state index contributed by atoms with van der Waals surface area (Å²) >= 11 is 0. The van der Waals surface area contributed by atoms with Crippen LogP contribution in [0.25, 0.3) is 0 Å². The quantitative estimate of drug-likeness (QED) is 0.627. The summed E-state index contributed by atoms with van der Waals surface area (Å²) in [5.74, 6) is 1.18. The number of benzene rings is 2. The van der Waals surface area contributed by atoms with Crippen LogP contribution in [0, 0.1) is 13.8 Å². The summed E-state index contributed by atoms with van der Waals surface area (Å²) < 4.78 is 27.6. The first kappa shape index (κ1) is 20.5. The van der Waals surface area contributed by atoms with Gasteiger partial charge in [0.15, 0.2) is 15.3 Å². The number of sulfonamides is 1. The lowest BCUT2D eigenvalue weighted by Crippen LogP contribution is -2.50. The fourth-order valence-electron chi connectivity index (χ4n) is 3.34. The van der Waals surface area contributed by atoms with E-state index < -0.39 is 10.4 Å². The molecule has 2 aromatic carbocycles. The third-order valence-electron chi connectivity index (χ3n) is 5.07. The summed E-state index contributed by atoms with van der Waals surface area (Å²) in [6.45, 7) is 5.39. The molecular formula is C22H25N5O2S. The number of aromatic nitrogens is 2. The van der Waals surface area contributed by atoms with Crippen LogP contribution in [0.1, 0.15) is 17.5 Å². The Balaban J connectivity index is 1.51. The molecule has 8 heteroatoms. The minimum Gasteiger partial charge on any atom is -0.593 e. The van der Waals surface area contributed by atoms with Gasteiger partial charge in [0.25, 0.3) is 0 Å². The molecule has 7 nitrogen and oxygen atoms in total. The van der Waals surface area contributed by atoms with E-state index in [1.807, 2.05) is 55.1 Å². The van der Waals surface area contributed by atoms with Gasteiger partial charge in [0.2, 0.25) is 5.95 Å². The third kappa shape index (κ3) is 4.51. The SMILES string of the molecule is Cc1ccc(Nc2ccnc(N3CCCN([S+](=O)([O-])c4ccc(C)cc4)C3)n2)cc1. The van der Waals surface area contributed by atoms with Gasteiger partial charge in [-0.25, -0.2) is 4.98 Å². The number of hydrogen-bond acceptors (Lipinski definition) is 6. The fourth-order valence-corrected chi connectivity index (χ4v) is 4.78. The van der Waals surface area contributed by atoms with Crippen LogP contribution < -0.4 is 10.2 Å². The predicted octanol–water partition coefficient (Wildman–Crippen LogP) is 3.91. The van der Waals surface area contributed by atoms with E-state index in [4.69, 9.17) is 0 Å². The summed E-state index contributed by atoms with van der Waals surface area (Å²) in [4.78, 5) is 11.2. The van der Waals surface area contributed by atoms with Gasteiger partial charge in [-0.15, -0.1) is 4.31 Å². The molecule has 0 bridgehead atoms. The van der Waals surface area contributed by atoms with E-state index in [1.165, 1.54) is 9.87 Å². The van der Waals surface area contributed by atoms with Crippen LogP contribution in [0.3, 0.4) is 0 Å². The van der Waals surface area contributed by atoms with Crippen molar-refractivity contribution in [3.63, 3.8) is 0 Å². The molecule has 0 aliphatic carbocycles. The van der Waals surface area contributed by atoms with E-state index in [0.717, 1.165) is 11.3 Å². The summed E-state index contributed by atoms with van der Waals surface area (Å²) in [6, 6.07) is 16.8. The molecule has 1 saturated heterocycles. The van der Waals surface area contributed by atoms with E-state index in [1.54, 1.807) is 24.4 Å². The van der Waals surface area contributed by atoms with Gasteiger partial charge in [-0.3, -0.25) is 0 Å². The molecule has 1 N–H and O–H groups in total. The highest BCUT2D eigenvalue weighted by Gasteiger charge is 2.34. The highest BCUT2D eigenvalue weighted by Crippen LogP contribution is 2.26. The molecule has 1 unspecified atom stereocenters. The van der Waals surface area contributed by atoms with E-state index in [-0.39, 0.29) is 6.67 Å². The zero-order chi connectivity index (χ0) is 21.1. The number of hydrogen-bond donors (Lipinski definition) is 1. The minimum absolute atomic E-state index is 0.226. The van der Waals surface area contributed by atoms with Gasteiger partial charge in [-0.1, -0.05) is 39.6 Å². The van der Waals surface area contributed by atoms with Gasteiger partial charge in [-0.05, 0) is 50.6 Å². The first-order valence-corrected chi connectivity index (χ1v) is 11.3. The van der Waals surface area contributed by atoms with Gasteiger partial charge >= 0.3 is 0 Å². The van der Waals surface area contributed by atoms with Gasteiger partial charge in [-0.2, -0.15) is 4.98 Å². The normalized spacial score (nSPS) is 16.8. The first-order valence-electron chi connectivity index (χ1n) is 9.90. The second kappa shape index (κ2) is 8.51. The van der Waals surface area contributed by atoms with Crippen LogP contribution in [0.5, 0.6) is 0 Å². The Hall–Kier alpha value is -2.81. The second-order valence-corrected chi connectivity index (χ2v) is 9.42. The molecule has 1 aromatic heterocycles. The lowest BCUT2D eigenvalue weighted by Gasteiger charge is -2.36. The highest BCUT2D eigenvalue weighted by molar-refractivity contribution is 7.95. The van der Waals surface area contributed by atoms with Gasteiger partial charge in [0, 0.05) is 25.0 Å².